The fourth-order valence-corrected chi connectivity index (χ4v) is 5.89. The lowest BCUT2D eigenvalue weighted by Crippen LogP contribution is -2.37. The van der Waals surface area contributed by atoms with E-state index in [4.69, 9.17) is 0 Å². The molecule has 7 heteroatoms. The molecule has 3 aromatic heterocycles. The van der Waals surface area contributed by atoms with Gasteiger partial charge in [0.1, 0.15) is 5.82 Å². The maximum absolute atomic E-state index is 10.8. The summed E-state index contributed by atoms with van der Waals surface area (Å²) in [7, 11) is 0. The van der Waals surface area contributed by atoms with Crippen molar-refractivity contribution in [3.63, 3.8) is 0 Å². The van der Waals surface area contributed by atoms with Crippen molar-refractivity contribution in [2.75, 3.05) is 13.1 Å². The second-order valence-corrected chi connectivity index (χ2v) is 8.71. The van der Waals surface area contributed by atoms with Gasteiger partial charge in [-0.1, -0.05) is 18.3 Å². The molecule has 1 aliphatic heterocycles. The van der Waals surface area contributed by atoms with Crippen molar-refractivity contribution in [3.8, 4) is 5.88 Å². The van der Waals surface area contributed by atoms with Crippen LogP contribution in [0.4, 0.5) is 0 Å². The lowest BCUT2D eigenvalue weighted by Gasteiger charge is -2.36. The molecule has 128 valence electrons. The smallest absolute Gasteiger partial charge is 0.230 e. The van der Waals surface area contributed by atoms with Gasteiger partial charge in [0.2, 0.25) is 10.8 Å². The Morgan fingerprint density at radius 1 is 1.33 bits per heavy atom. The molecule has 1 fully saturated rings. The van der Waals surface area contributed by atoms with Gasteiger partial charge in [-0.25, -0.2) is 4.98 Å². The zero-order chi connectivity index (χ0) is 16.8. The van der Waals surface area contributed by atoms with E-state index in [9.17, 15) is 5.11 Å². The van der Waals surface area contributed by atoms with Crippen LogP contribution in [0.3, 0.4) is 0 Å². The van der Waals surface area contributed by atoms with E-state index in [2.05, 4.69) is 40.3 Å². The lowest BCUT2D eigenvalue weighted by molar-refractivity contribution is 0.150. The van der Waals surface area contributed by atoms with Gasteiger partial charge < -0.3 is 5.11 Å². The van der Waals surface area contributed by atoms with E-state index in [-0.39, 0.29) is 11.9 Å². The number of aromatic nitrogens is 3. The molecule has 0 aromatic carbocycles. The average Bonchev–Trinajstić information content (AvgIpc) is 3.19. The molecule has 4 rings (SSSR count). The minimum absolute atomic E-state index is 0.0987. The van der Waals surface area contributed by atoms with Crippen molar-refractivity contribution >= 4 is 27.6 Å². The molecule has 1 saturated heterocycles. The Labute approximate surface area is 149 Å². The minimum atomic E-state index is 0.0987. The zero-order valence-corrected chi connectivity index (χ0v) is 15.8. The van der Waals surface area contributed by atoms with Crippen LogP contribution in [-0.4, -0.2) is 37.7 Å². The van der Waals surface area contributed by atoms with E-state index in [0.29, 0.717) is 11.7 Å². The van der Waals surface area contributed by atoms with E-state index in [1.54, 1.807) is 27.2 Å². The number of piperidine rings is 1. The Balaban J connectivity index is 1.83. The van der Waals surface area contributed by atoms with Crippen LogP contribution in [0, 0.1) is 19.8 Å². The average molecular weight is 363 g/mol. The molecule has 24 heavy (non-hydrogen) atoms. The highest BCUT2D eigenvalue weighted by atomic mass is 32.1. The van der Waals surface area contributed by atoms with Gasteiger partial charge in [0.15, 0.2) is 0 Å². The number of nitrogens with zero attached hydrogens (tertiary/aromatic N) is 4. The Hall–Kier alpha value is -1.44. The Kier molecular flexibility index (Phi) is 4.10. The van der Waals surface area contributed by atoms with Crippen molar-refractivity contribution in [2.24, 2.45) is 5.92 Å². The van der Waals surface area contributed by atoms with Crippen LogP contribution in [0.5, 0.6) is 5.88 Å². The van der Waals surface area contributed by atoms with Gasteiger partial charge in [-0.05, 0) is 56.2 Å². The molecule has 0 unspecified atom stereocenters. The number of aryl methyl sites for hydroxylation is 2. The number of likely N-dealkylation sites (tertiary alicyclic amines) is 1. The summed E-state index contributed by atoms with van der Waals surface area (Å²) in [5.41, 5.74) is 1.29. The molecule has 0 saturated carbocycles. The predicted molar refractivity (Wildman–Crippen MR) is 98.1 cm³/mol. The van der Waals surface area contributed by atoms with E-state index in [0.717, 1.165) is 22.9 Å². The number of thiazole rings is 1. The normalized spacial score (nSPS) is 20.7. The summed E-state index contributed by atoms with van der Waals surface area (Å²) < 4.78 is 1.58. The highest BCUT2D eigenvalue weighted by molar-refractivity contribution is 7.17. The van der Waals surface area contributed by atoms with Gasteiger partial charge in [-0.3, -0.25) is 4.90 Å². The first-order valence-corrected chi connectivity index (χ1v) is 10.1. The molecule has 1 aliphatic rings. The maximum atomic E-state index is 10.8. The highest BCUT2D eigenvalue weighted by Crippen LogP contribution is 2.43. The third-order valence-corrected chi connectivity index (χ3v) is 6.90. The standard InChI is InChI=1S/C17H22N4OS2/c1-10-5-4-7-20(9-10)13(14-11(2)6-8-23-14)15-16(22)21-17(24-15)18-12(3)19-21/h6,8,10,13,22H,4-5,7,9H2,1-3H3/t10-,13-/m0/s1. The van der Waals surface area contributed by atoms with Crippen LogP contribution in [-0.2, 0) is 0 Å². The molecule has 0 amide bonds. The number of aromatic hydroxyl groups is 1. The number of hydrogen-bond acceptors (Lipinski definition) is 6. The van der Waals surface area contributed by atoms with Crippen molar-refractivity contribution in [1.29, 1.82) is 0 Å². The Bertz CT molecular complexity index is 865. The molecule has 5 nitrogen and oxygen atoms in total. The van der Waals surface area contributed by atoms with Crippen LogP contribution < -0.4 is 0 Å². The Morgan fingerprint density at radius 2 is 2.17 bits per heavy atom. The first-order valence-electron chi connectivity index (χ1n) is 8.37. The van der Waals surface area contributed by atoms with Crippen LogP contribution in [0.15, 0.2) is 11.4 Å². The third kappa shape index (κ3) is 2.64. The van der Waals surface area contributed by atoms with E-state index >= 15 is 0 Å². The first-order chi connectivity index (χ1) is 11.5. The summed E-state index contributed by atoms with van der Waals surface area (Å²) in [5.74, 6) is 1.62. The second kappa shape index (κ2) is 6.13. The van der Waals surface area contributed by atoms with Crippen LogP contribution in [0.1, 0.15) is 46.9 Å². The van der Waals surface area contributed by atoms with Crippen LogP contribution >= 0.6 is 22.7 Å². The van der Waals surface area contributed by atoms with Crippen molar-refractivity contribution < 1.29 is 5.11 Å². The van der Waals surface area contributed by atoms with Gasteiger partial charge in [0.25, 0.3) is 0 Å². The third-order valence-electron chi connectivity index (χ3n) is 4.76. The van der Waals surface area contributed by atoms with Gasteiger partial charge in [-0.15, -0.1) is 16.4 Å². The van der Waals surface area contributed by atoms with Crippen LogP contribution in [0.25, 0.3) is 4.96 Å². The molecule has 0 spiro atoms. The summed E-state index contributed by atoms with van der Waals surface area (Å²) >= 11 is 3.33. The van der Waals surface area contributed by atoms with E-state index in [1.165, 1.54) is 23.3 Å². The Morgan fingerprint density at radius 3 is 2.83 bits per heavy atom. The molecule has 0 bridgehead atoms. The lowest BCUT2D eigenvalue weighted by atomic mass is 9.97. The quantitative estimate of drug-likeness (QED) is 0.765. The van der Waals surface area contributed by atoms with Gasteiger partial charge >= 0.3 is 0 Å². The van der Waals surface area contributed by atoms with Gasteiger partial charge in [-0.2, -0.15) is 4.52 Å². The fourth-order valence-electron chi connectivity index (χ4n) is 3.60. The van der Waals surface area contributed by atoms with Gasteiger partial charge in [0.05, 0.1) is 10.9 Å². The topological polar surface area (TPSA) is 53.7 Å². The maximum Gasteiger partial charge on any atom is 0.230 e. The predicted octanol–water partition coefficient (Wildman–Crippen LogP) is 4.00. The summed E-state index contributed by atoms with van der Waals surface area (Å²) in [5, 5.41) is 17.3. The highest BCUT2D eigenvalue weighted by Gasteiger charge is 2.33. The van der Waals surface area contributed by atoms with E-state index in [1.807, 2.05) is 6.92 Å². The summed E-state index contributed by atoms with van der Waals surface area (Å²) in [6.45, 7) is 8.46. The van der Waals surface area contributed by atoms with Crippen molar-refractivity contribution in [1.82, 2.24) is 19.5 Å². The molecule has 2 atom stereocenters. The largest absolute Gasteiger partial charge is 0.492 e. The fraction of sp³-hybridized carbons (Fsp3) is 0.529. The molecule has 3 aromatic rings. The second-order valence-electron chi connectivity index (χ2n) is 6.76. The van der Waals surface area contributed by atoms with Crippen molar-refractivity contribution in [3.05, 3.63) is 32.6 Å². The van der Waals surface area contributed by atoms with E-state index < -0.39 is 0 Å². The number of fused-ring (bicyclic) bond motifs is 1. The number of rotatable bonds is 3. The molecule has 4 heterocycles. The summed E-state index contributed by atoms with van der Waals surface area (Å²) in [4.78, 5) is 10.0. The SMILES string of the molecule is Cc1nc2sc([C@H](c3sccc3C)N3CCC[C@H](C)C3)c(O)n2n1. The molecule has 0 aliphatic carbocycles. The summed E-state index contributed by atoms with van der Waals surface area (Å²) in [6, 6.07) is 2.26. The minimum Gasteiger partial charge on any atom is -0.492 e. The molecule has 1 N–H and O–H groups in total. The molecule has 0 radical (unpaired) electrons. The zero-order valence-electron chi connectivity index (χ0n) is 14.2. The summed E-state index contributed by atoms with van der Waals surface area (Å²) in [6.07, 6.45) is 2.50. The first kappa shape index (κ1) is 16.1. The van der Waals surface area contributed by atoms with Crippen molar-refractivity contribution in [2.45, 2.75) is 39.7 Å². The molecular formula is C17H22N4OS2. The molecular weight excluding hydrogens is 340 g/mol. The van der Waals surface area contributed by atoms with Crippen LogP contribution in [0.2, 0.25) is 0 Å². The van der Waals surface area contributed by atoms with Gasteiger partial charge in [0, 0.05) is 11.4 Å². The monoisotopic (exact) mass is 362 g/mol. The number of hydrogen-bond donors (Lipinski definition) is 1. The number of thiophene rings is 1.